The Hall–Kier alpha value is -5.23. The third kappa shape index (κ3) is 9.33. The number of pyridine rings is 2. The van der Waals surface area contributed by atoms with Gasteiger partial charge in [-0.05, 0) is 130 Å². The Bertz CT molecular complexity index is 2870. The standard InChI is InChI=1S/C21H17BrFN5S.C11H14BrN3.C10H4ClFN2S/c1-4-16-20(28-11-14(22)9-12(2)19(28)25-16)27(3)21-26-18(17(10-24)29-21)13-5-7-15(23)8-6-13;1-4-9-11(13-3)15-6-8(12)5-7(2)10(15)14-9;11-10-14-9(8(5-13)15-10)6-1-3-7(12)4-2-6/h5-9,11H,4H2,1-3H3;5-6,13H,4H2,1-3H3;1-4H. The van der Waals surface area contributed by atoms with Crippen LogP contribution in [0.1, 0.15) is 46.1 Å². The molecule has 0 aliphatic rings. The van der Waals surface area contributed by atoms with Crippen LogP contribution in [0.4, 0.5) is 25.5 Å². The molecule has 1 N–H and O–H groups in total. The number of imidazole rings is 2. The predicted octanol–water partition coefficient (Wildman–Crippen LogP) is 12.4. The normalized spacial score (nSPS) is 10.7. The quantitative estimate of drug-likeness (QED) is 0.167. The van der Waals surface area contributed by atoms with Gasteiger partial charge in [0.25, 0.3) is 0 Å². The fraction of sp³-hybridized carbons (Fsp3) is 0.190. The molecule has 0 amide bonds. The molecule has 0 unspecified atom stereocenters. The zero-order valence-corrected chi connectivity index (χ0v) is 38.1. The van der Waals surface area contributed by atoms with Crippen molar-refractivity contribution in [2.75, 3.05) is 24.3 Å². The van der Waals surface area contributed by atoms with Gasteiger partial charge in [0.05, 0.1) is 11.4 Å². The smallest absolute Gasteiger partial charge is 0.192 e. The average molecular weight is 977 g/mol. The monoisotopic (exact) mass is 974 g/mol. The van der Waals surface area contributed by atoms with E-state index in [1.165, 1.54) is 41.2 Å². The number of rotatable bonds is 7. The summed E-state index contributed by atoms with van der Waals surface area (Å²) in [7, 11) is 3.85. The average Bonchev–Trinajstić information content (AvgIpc) is 4.01. The molecule has 0 saturated carbocycles. The molecular weight excluding hydrogens is 942 g/mol. The molecule has 6 heterocycles. The molecule has 0 saturated heterocycles. The summed E-state index contributed by atoms with van der Waals surface area (Å²) in [5, 5.41) is 22.3. The molecule has 8 aromatic rings. The van der Waals surface area contributed by atoms with Crippen molar-refractivity contribution < 1.29 is 8.78 Å². The van der Waals surface area contributed by atoms with Crippen molar-refractivity contribution in [1.82, 2.24) is 28.7 Å². The molecule has 2 aromatic carbocycles. The third-order valence-electron chi connectivity index (χ3n) is 9.02. The number of halogens is 5. The van der Waals surface area contributed by atoms with Crippen LogP contribution in [0.5, 0.6) is 0 Å². The van der Waals surface area contributed by atoms with Crippen molar-refractivity contribution in [3.05, 3.63) is 130 Å². The van der Waals surface area contributed by atoms with Gasteiger partial charge >= 0.3 is 0 Å². The van der Waals surface area contributed by atoms with E-state index in [1.54, 1.807) is 24.3 Å². The van der Waals surface area contributed by atoms with Crippen LogP contribution in [0.2, 0.25) is 4.47 Å². The first kappa shape index (κ1) is 43.4. The first-order valence-electron chi connectivity index (χ1n) is 18.0. The third-order valence-corrected chi connectivity index (χ3v) is 12.0. The van der Waals surface area contributed by atoms with E-state index in [2.05, 4.69) is 84.5 Å². The largest absolute Gasteiger partial charge is 0.373 e. The molecule has 0 fully saturated rings. The summed E-state index contributed by atoms with van der Waals surface area (Å²) in [5.41, 5.74) is 8.70. The maximum absolute atomic E-state index is 13.3. The highest BCUT2D eigenvalue weighted by molar-refractivity contribution is 9.10. The number of nitrogens with zero attached hydrogens (tertiary/aromatic N) is 9. The van der Waals surface area contributed by atoms with Crippen LogP contribution in [0.3, 0.4) is 0 Å². The van der Waals surface area contributed by atoms with Crippen molar-refractivity contribution in [3.8, 4) is 34.7 Å². The van der Waals surface area contributed by atoms with Crippen molar-refractivity contribution in [1.29, 1.82) is 10.5 Å². The number of hydrogen-bond donors (Lipinski definition) is 1. The van der Waals surface area contributed by atoms with Crippen LogP contribution < -0.4 is 10.2 Å². The van der Waals surface area contributed by atoms with E-state index >= 15 is 0 Å². The molecular formula is C42H35Br2ClF2N10S2. The van der Waals surface area contributed by atoms with Crippen molar-refractivity contribution in [2.24, 2.45) is 0 Å². The summed E-state index contributed by atoms with van der Waals surface area (Å²) in [6, 6.07) is 20.2. The van der Waals surface area contributed by atoms with Crippen LogP contribution in [0.25, 0.3) is 33.8 Å². The Kier molecular flexibility index (Phi) is 13.8. The van der Waals surface area contributed by atoms with E-state index in [9.17, 15) is 14.0 Å². The number of thiazole rings is 2. The minimum absolute atomic E-state index is 0.311. The van der Waals surface area contributed by atoms with Gasteiger partial charge < -0.3 is 10.2 Å². The van der Waals surface area contributed by atoms with E-state index in [1.807, 2.05) is 54.8 Å². The number of benzene rings is 2. The zero-order chi connectivity index (χ0) is 42.5. The Morgan fingerprint density at radius 3 is 1.73 bits per heavy atom. The Morgan fingerprint density at radius 1 is 0.746 bits per heavy atom. The highest BCUT2D eigenvalue weighted by Gasteiger charge is 2.23. The second-order valence-corrected chi connectivity index (χ2v) is 17.3. The summed E-state index contributed by atoms with van der Waals surface area (Å²) in [4.78, 5) is 21.0. The lowest BCUT2D eigenvalue weighted by Crippen LogP contribution is -2.13. The van der Waals surface area contributed by atoms with E-state index in [4.69, 9.17) is 26.8 Å². The lowest BCUT2D eigenvalue weighted by atomic mass is 10.1. The number of anilines is 3. The Morgan fingerprint density at radius 2 is 1.22 bits per heavy atom. The van der Waals surface area contributed by atoms with E-state index in [0.29, 0.717) is 41.9 Å². The van der Waals surface area contributed by atoms with Gasteiger partial charge in [0.1, 0.15) is 67.8 Å². The van der Waals surface area contributed by atoms with Gasteiger partial charge in [0.15, 0.2) is 9.60 Å². The lowest BCUT2D eigenvalue weighted by Gasteiger charge is -2.17. The van der Waals surface area contributed by atoms with Crippen LogP contribution in [-0.2, 0) is 12.8 Å². The van der Waals surface area contributed by atoms with Gasteiger partial charge in [-0.15, -0.1) is 0 Å². The molecule has 59 heavy (non-hydrogen) atoms. The van der Waals surface area contributed by atoms with Crippen molar-refractivity contribution in [2.45, 2.75) is 40.5 Å². The molecule has 300 valence electrons. The lowest BCUT2D eigenvalue weighted by molar-refractivity contribution is 0.627. The van der Waals surface area contributed by atoms with Crippen molar-refractivity contribution in [3.63, 3.8) is 0 Å². The molecule has 6 aromatic heterocycles. The molecule has 0 atom stereocenters. The van der Waals surface area contributed by atoms with E-state index in [0.717, 1.165) is 73.0 Å². The van der Waals surface area contributed by atoms with Gasteiger partial charge in [-0.2, -0.15) is 10.5 Å². The highest BCUT2D eigenvalue weighted by Crippen LogP contribution is 2.38. The maximum Gasteiger partial charge on any atom is 0.192 e. The minimum Gasteiger partial charge on any atom is -0.373 e. The molecule has 0 radical (unpaired) electrons. The Labute approximate surface area is 369 Å². The molecule has 0 aliphatic carbocycles. The summed E-state index contributed by atoms with van der Waals surface area (Å²) >= 11 is 15.2. The van der Waals surface area contributed by atoms with Gasteiger partial charge in [-0.3, -0.25) is 8.80 Å². The van der Waals surface area contributed by atoms with Crippen LogP contribution in [0.15, 0.2) is 82.0 Å². The number of fused-ring (bicyclic) bond motifs is 2. The Balaban J connectivity index is 0.000000164. The number of nitriles is 2. The minimum atomic E-state index is -0.321. The number of aryl methyl sites for hydroxylation is 4. The second-order valence-electron chi connectivity index (χ2n) is 12.9. The van der Waals surface area contributed by atoms with Gasteiger partial charge in [-0.1, -0.05) is 48.1 Å². The maximum atomic E-state index is 13.3. The molecule has 0 spiro atoms. The fourth-order valence-corrected chi connectivity index (χ4v) is 9.19. The van der Waals surface area contributed by atoms with Gasteiger partial charge in [-0.25, -0.2) is 28.7 Å². The molecule has 17 heteroatoms. The topological polar surface area (TPSA) is 123 Å². The fourth-order valence-electron chi connectivity index (χ4n) is 6.32. The van der Waals surface area contributed by atoms with E-state index < -0.39 is 0 Å². The van der Waals surface area contributed by atoms with Gasteiger partial charge in [0.2, 0.25) is 0 Å². The summed E-state index contributed by atoms with van der Waals surface area (Å²) in [6.07, 6.45) is 5.73. The SMILES string of the molecule is CCc1nc2c(C)cc(Br)cn2c1N(C)c1nc(-c2ccc(F)cc2)c(C#N)s1.CCc1nc2c(C)cc(Br)cn2c1NC.N#Cc1sc(Cl)nc1-c1ccc(F)cc1. The molecule has 0 aliphatic heterocycles. The predicted molar refractivity (Wildman–Crippen MR) is 241 cm³/mol. The molecule has 0 bridgehead atoms. The van der Waals surface area contributed by atoms with E-state index in [-0.39, 0.29) is 11.6 Å². The van der Waals surface area contributed by atoms with Gasteiger partial charge in [0, 0.05) is 46.6 Å². The summed E-state index contributed by atoms with van der Waals surface area (Å²) < 4.78 is 32.5. The highest BCUT2D eigenvalue weighted by atomic mass is 79.9. The first-order valence-corrected chi connectivity index (χ1v) is 21.6. The number of nitrogens with one attached hydrogen (secondary N) is 1. The van der Waals surface area contributed by atoms with Crippen LogP contribution in [-0.4, -0.2) is 42.8 Å². The summed E-state index contributed by atoms with van der Waals surface area (Å²) in [6.45, 7) is 8.29. The second kappa shape index (κ2) is 18.8. The molecule has 8 rings (SSSR count). The van der Waals surface area contributed by atoms with Crippen LogP contribution >= 0.6 is 66.1 Å². The number of aromatic nitrogens is 6. The van der Waals surface area contributed by atoms with Crippen molar-refractivity contribution >= 4 is 94.2 Å². The summed E-state index contributed by atoms with van der Waals surface area (Å²) in [5.74, 6) is 1.35. The zero-order valence-electron chi connectivity index (χ0n) is 32.6. The first-order chi connectivity index (χ1) is 28.3. The number of hydrogen-bond acceptors (Lipinski definition) is 10. The van der Waals surface area contributed by atoms with Crippen LogP contribution in [0, 0.1) is 48.1 Å². The molecule has 10 nitrogen and oxygen atoms in total.